The highest BCUT2D eigenvalue weighted by Crippen LogP contribution is 2.21. The van der Waals surface area contributed by atoms with E-state index >= 15 is 0 Å². The van der Waals surface area contributed by atoms with Gasteiger partial charge in [0.1, 0.15) is 4.32 Å². The van der Waals surface area contributed by atoms with Gasteiger partial charge in [-0.2, -0.15) is 0 Å². The molecule has 1 atom stereocenters. The molecule has 0 saturated carbocycles. The first-order valence-corrected chi connectivity index (χ1v) is 7.63. The molecule has 5 heteroatoms. The third-order valence-corrected chi connectivity index (χ3v) is 4.63. The largest absolute Gasteiger partial charge is 0.358 e. The highest BCUT2D eigenvalue weighted by atomic mass is 32.2. The van der Waals surface area contributed by atoms with E-state index in [4.69, 9.17) is 12.2 Å². The molecular weight excluding hydrogens is 252 g/mol. The summed E-state index contributed by atoms with van der Waals surface area (Å²) in [7, 11) is 0. The lowest BCUT2D eigenvalue weighted by Crippen LogP contribution is -2.37. The summed E-state index contributed by atoms with van der Waals surface area (Å²) in [6, 6.07) is 0. The van der Waals surface area contributed by atoms with Crippen LogP contribution in [-0.4, -0.2) is 51.5 Å². The molecule has 1 saturated heterocycles. The molecule has 17 heavy (non-hydrogen) atoms. The van der Waals surface area contributed by atoms with E-state index in [1.165, 1.54) is 24.6 Å². The highest BCUT2D eigenvalue weighted by molar-refractivity contribution is 8.23. The van der Waals surface area contributed by atoms with Crippen molar-refractivity contribution in [3.63, 3.8) is 0 Å². The fourth-order valence-electron chi connectivity index (χ4n) is 1.97. The molecule has 0 aromatic heterocycles. The second-order valence-corrected chi connectivity index (χ2v) is 6.21. The molecule has 0 N–H and O–H groups in total. The summed E-state index contributed by atoms with van der Waals surface area (Å²) in [6.45, 7) is 9.63. The molecule has 1 fully saturated rings. The van der Waals surface area contributed by atoms with Gasteiger partial charge in [0.25, 0.3) is 0 Å². The Kier molecular flexibility index (Phi) is 6.27. The summed E-state index contributed by atoms with van der Waals surface area (Å²) < 4.78 is 0.885. The lowest BCUT2D eigenvalue weighted by molar-refractivity contribution is -0.129. The SMILES string of the molecule is CCN(CC)C(=O)C(C)SC(=S)N1CCCC1. The maximum absolute atomic E-state index is 12.1. The predicted octanol–water partition coefficient (Wildman–Crippen LogP) is 2.36. The van der Waals surface area contributed by atoms with Crippen LogP contribution >= 0.6 is 24.0 Å². The molecule has 0 aromatic rings. The van der Waals surface area contributed by atoms with Crippen molar-refractivity contribution in [2.75, 3.05) is 26.2 Å². The number of hydrogen-bond donors (Lipinski definition) is 0. The molecule has 0 spiro atoms. The number of rotatable bonds is 4. The quantitative estimate of drug-likeness (QED) is 0.734. The Labute approximate surface area is 114 Å². The van der Waals surface area contributed by atoms with Gasteiger partial charge >= 0.3 is 0 Å². The van der Waals surface area contributed by atoms with E-state index in [0.29, 0.717) is 0 Å². The molecule has 1 heterocycles. The van der Waals surface area contributed by atoms with Crippen molar-refractivity contribution in [1.82, 2.24) is 9.80 Å². The molecular formula is C12H22N2OS2. The van der Waals surface area contributed by atoms with E-state index in [-0.39, 0.29) is 11.2 Å². The van der Waals surface area contributed by atoms with Gasteiger partial charge < -0.3 is 9.80 Å². The molecule has 3 nitrogen and oxygen atoms in total. The number of carbonyl (C=O) groups excluding carboxylic acids is 1. The fourth-order valence-corrected chi connectivity index (χ4v) is 3.47. The Hall–Kier alpha value is -0.290. The Bertz CT molecular complexity index is 274. The first kappa shape index (κ1) is 14.8. The van der Waals surface area contributed by atoms with E-state index in [0.717, 1.165) is 30.5 Å². The van der Waals surface area contributed by atoms with Gasteiger partial charge in [-0.25, -0.2) is 0 Å². The van der Waals surface area contributed by atoms with E-state index in [2.05, 4.69) is 4.90 Å². The second kappa shape index (κ2) is 7.21. The van der Waals surface area contributed by atoms with Crippen LogP contribution in [0.1, 0.15) is 33.6 Å². The summed E-state index contributed by atoms with van der Waals surface area (Å²) >= 11 is 6.92. The number of likely N-dealkylation sites (tertiary alicyclic amines) is 1. The standard InChI is InChI=1S/C12H22N2OS2/c1-4-13(5-2)11(15)10(3)17-12(16)14-8-6-7-9-14/h10H,4-9H2,1-3H3. The minimum Gasteiger partial charge on any atom is -0.358 e. The van der Waals surface area contributed by atoms with Crippen molar-refractivity contribution in [2.45, 2.75) is 38.9 Å². The van der Waals surface area contributed by atoms with Gasteiger partial charge in [0.05, 0.1) is 5.25 Å². The van der Waals surface area contributed by atoms with Crippen LogP contribution in [0.5, 0.6) is 0 Å². The summed E-state index contributed by atoms with van der Waals surface area (Å²) in [6.07, 6.45) is 2.44. The van der Waals surface area contributed by atoms with Crippen molar-refractivity contribution < 1.29 is 4.79 Å². The van der Waals surface area contributed by atoms with Crippen LogP contribution in [0.25, 0.3) is 0 Å². The number of amides is 1. The van der Waals surface area contributed by atoms with Crippen LogP contribution in [0.2, 0.25) is 0 Å². The third-order valence-electron chi connectivity index (χ3n) is 3.06. The molecule has 1 aliphatic heterocycles. The van der Waals surface area contributed by atoms with Gasteiger partial charge in [-0.15, -0.1) is 0 Å². The number of nitrogens with zero attached hydrogens (tertiary/aromatic N) is 2. The van der Waals surface area contributed by atoms with Gasteiger partial charge in [-0.1, -0.05) is 24.0 Å². The lowest BCUT2D eigenvalue weighted by Gasteiger charge is -2.25. The molecule has 1 unspecified atom stereocenters. The van der Waals surface area contributed by atoms with Gasteiger partial charge in [-0.3, -0.25) is 4.79 Å². The summed E-state index contributed by atoms with van der Waals surface area (Å²) in [5.74, 6) is 0.196. The fraction of sp³-hybridized carbons (Fsp3) is 0.833. The van der Waals surface area contributed by atoms with Gasteiger partial charge in [0, 0.05) is 26.2 Å². The van der Waals surface area contributed by atoms with E-state index in [9.17, 15) is 4.79 Å². The molecule has 1 rings (SSSR count). The van der Waals surface area contributed by atoms with Crippen molar-refractivity contribution in [1.29, 1.82) is 0 Å². The maximum Gasteiger partial charge on any atom is 0.235 e. The number of hydrogen-bond acceptors (Lipinski definition) is 3. The van der Waals surface area contributed by atoms with Crippen LogP contribution < -0.4 is 0 Å². The average molecular weight is 274 g/mol. The maximum atomic E-state index is 12.1. The smallest absolute Gasteiger partial charge is 0.235 e. The number of carbonyl (C=O) groups is 1. The van der Waals surface area contributed by atoms with E-state index < -0.39 is 0 Å². The first-order valence-electron chi connectivity index (χ1n) is 6.34. The molecule has 0 bridgehead atoms. The number of thioether (sulfide) groups is 1. The zero-order valence-electron chi connectivity index (χ0n) is 10.9. The topological polar surface area (TPSA) is 23.6 Å². The number of thiocarbonyl (C=S) groups is 1. The minimum atomic E-state index is -0.0667. The lowest BCUT2D eigenvalue weighted by atomic mass is 10.4. The van der Waals surface area contributed by atoms with Crippen molar-refractivity contribution in [3.05, 3.63) is 0 Å². The Morgan fingerprint density at radius 2 is 1.88 bits per heavy atom. The molecule has 1 aliphatic rings. The summed E-state index contributed by atoms with van der Waals surface area (Å²) in [5.41, 5.74) is 0. The van der Waals surface area contributed by atoms with Gasteiger partial charge in [0.15, 0.2) is 0 Å². The van der Waals surface area contributed by atoms with Crippen molar-refractivity contribution in [3.8, 4) is 0 Å². The Morgan fingerprint density at radius 3 is 2.35 bits per heavy atom. The van der Waals surface area contributed by atoms with Crippen LogP contribution in [0.4, 0.5) is 0 Å². The Morgan fingerprint density at radius 1 is 1.35 bits per heavy atom. The van der Waals surface area contributed by atoms with Gasteiger partial charge in [0.2, 0.25) is 5.91 Å². The van der Waals surface area contributed by atoms with Crippen LogP contribution in [-0.2, 0) is 4.79 Å². The molecule has 0 aliphatic carbocycles. The summed E-state index contributed by atoms with van der Waals surface area (Å²) in [5, 5.41) is -0.0667. The second-order valence-electron chi connectivity index (χ2n) is 4.23. The van der Waals surface area contributed by atoms with Crippen LogP contribution in [0.3, 0.4) is 0 Å². The van der Waals surface area contributed by atoms with Crippen LogP contribution in [0.15, 0.2) is 0 Å². The molecule has 0 aromatic carbocycles. The Balaban J connectivity index is 2.44. The summed E-state index contributed by atoms with van der Waals surface area (Å²) in [4.78, 5) is 16.2. The monoisotopic (exact) mass is 274 g/mol. The highest BCUT2D eigenvalue weighted by Gasteiger charge is 2.23. The van der Waals surface area contributed by atoms with E-state index in [1.807, 2.05) is 25.7 Å². The van der Waals surface area contributed by atoms with Crippen LogP contribution in [0, 0.1) is 0 Å². The zero-order chi connectivity index (χ0) is 12.8. The molecule has 1 amide bonds. The first-order chi connectivity index (χ1) is 8.10. The molecule has 0 radical (unpaired) electrons. The third kappa shape index (κ3) is 4.14. The molecule has 98 valence electrons. The minimum absolute atomic E-state index is 0.0667. The predicted molar refractivity (Wildman–Crippen MR) is 78.4 cm³/mol. The van der Waals surface area contributed by atoms with E-state index in [1.54, 1.807) is 0 Å². The average Bonchev–Trinajstić information content (AvgIpc) is 2.83. The van der Waals surface area contributed by atoms with Crippen molar-refractivity contribution >= 4 is 34.2 Å². The normalized spacial score (nSPS) is 17.0. The van der Waals surface area contributed by atoms with Crippen molar-refractivity contribution in [2.24, 2.45) is 0 Å². The van der Waals surface area contributed by atoms with Gasteiger partial charge in [-0.05, 0) is 33.6 Å². The zero-order valence-corrected chi connectivity index (χ0v) is 12.6.